The van der Waals surface area contributed by atoms with Crippen LogP contribution in [0, 0.1) is 11.7 Å². The van der Waals surface area contributed by atoms with Gasteiger partial charge in [-0.05, 0) is 42.9 Å². The summed E-state index contributed by atoms with van der Waals surface area (Å²) in [4.78, 5) is 28.0. The molecule has 2 aliphatic heterocycles. The third-order valence-corrected chi connectivity index (χ3v) is 5.62. The molecule has 1 aromatic carbocycles. The third kappa shape index (κ3) is 5.66. The van der Waals surface area contributed by atoms with Crippen LogP contribution < -0.4 is 5.32 Å². The van der Waals surface area contributed by atoms with Gasteiger partial charge in [0.15, 0.2) is 0 Å². The fourth-order valence-electron chi connectivity index (χ4n) is 4.02. The Morgan fingerprint density at radius 3 is 2.63 bits per heavy atom. The first-order valence-corrected chi connectivity index (χ1v) is 9.56. The Morgan fingerprint density at radius 1 is 1.22 bits per heavy atom. The molecule has 0 spiro atoms. The highest BCUT2D eigenvalue weighted by Crippen LogP contribution is 2.26. The number of halogens is 2. The van der Waals surface area contributed by atoms with Gasteiger partial charge in [0.25, 0.3) is 0 Å². The maximum Gasteiger partial charge on any atom is 0.223 e. The van der Waals surface area contributed by atoms with Crippen molar-refractivity contribution >= 4 is 24.2 Å². The van der Waals surface area contributed by atoms with Crippen molar-refractivity contribution in [2.75, 3.05) is 32.7 Å². The largest absolute Gasteiger partial charge is 0.343 e. The number of hydrogen-bond acceptors (Lipinski definition) is 3. The summed E-state index contributed by atoms with van der Waals surface area (Å²) in [6.45, 7) is 5.30. The normalized spacial score (nSPS) is 20.9. The molecule has 1 aromatic rings. The highest BCUT2D eigenvalue weighted by molar-refractivity contribution is 5.85. The van der Waals surface area contributed by atoms with Gasteiger partial charge in [0.1, 0.15) is 5.82 Å². The van der Waals surface area contributed by atoms with Crippen molar-refractivity contribution in [1.29, 1.82) is 0 Å². The quantitative estimate of drug-likeness (QED) is 0.849. The van der Waals surface area contributed by atoms with E-state index < -0.39 is 0 Å². The van der Waals surface area contributed by atoms with Crippen molar-refractivity contribution in [3.8, 4) is 0 Å². The maximum absolute atomic E-state index is 13.6. The number of carbonyl (C=O) groups excluding carboxylic acids is 2. The second-order valence-corrected chi connectivity index (χ2v) is 7.35. The predicted octanol–water partition coefficient (Wildman–Crippen LogP) is 2.76. The number of rotatable bonds is 4. The van der Waals surface area contributed by atoms with Gasteiger partial charge in [0.05, 0.1) is 6.04 Å². The number of likely N-dealkylation sites (tertiary alicyclic amines) is 1. The maximum atomic E-state index is 13.6. The first-order valence-electron chi connectivity index (χ1n) is 9.56. The fraction of sp³-hybridized carbons (Fsp3) is 0.600. The Balaban J connectivity index is 0.00000261. The van der Waals surface area contributed by atoms with Gasteiger partial charge in [0, 0.05) is 46.1 Å². The topological polar surface area (TPSA) is 52.7 Å². The van der Waals surface area contributed by atoms with E-state index in [4.69, 9.17) is 0 Å². The second kappa shape index (κ2) is 10.0. The molecule has 0 aromatic heterocycles. The van der Waals surface area contributed by atoms with Gasteiger partial charge in [-0.2, -0.15) is 0 Å². The summed E-state index contributed by atoms with van der Waals surface area (Å²) in [5.74, 6) is 0.524. The van der Waals surface area contributed by atoms with Crippen LogP contribution in [0.2, 0.25) is 0 Å². The number of nitrogens with zero attached hydrogens (tertiary/aromatic N) is 2. The molecule has 2 amide bonds. The van der Waals surface area contributed by atoms with Crippen molar-refractivity contribution in [2.24, 2.45) is 5.92 Å². The lowest BCUT2D eigenvalue weighted by atomic mass is 9.91. The highest BCUT2D eigenvalue weighted by Gasteiger charge is 2.29. The Kier molecular flexibility index (Phi) is 8.05. The number of benzene rings is 1. The molecule has 150 valence electrons. The minimum atomic E-state index is -0.266. The van der Waals surface area contributed by atoms with Gasteiger partial charge in [0.2, 0.25) is 11.8 Å². The minimum Gasteiger partial charge on any atom is -0.343 e. The average Bonchev–Trinajstić information content (AvgIpc) is 2.66. The van der Waals surface area contributed by atoms with Crippen LogP contribution in [0.1, 0.15) is 44.2 Å². The molecule has 0 aliphatic carbocycles. The first-order chi connectivity index (χ1) is 12.5. The average molecular weight is 398 g/mol. The molecule has 0 saturated carbocycles. The molecule has 1 atom stereocenters. The summed E-state index contributed by atoms with van der Waals surface area (Å²) in [7, 11) is 0. The summed E-state index contributed by atoms with van der Waals surface area (Å²) in [6, 6.07) is 6.43. The lowest BCUT2D eigenvalue weighted by Gasteiger charge is -2.37. The highest BCUT2D eigenvalue weighted by atomic mass is 35.5. The van der Waals surface area contributed by atoms with E-state index in [1.165, 1.54) is 12.1 Å². The van der Waals surface area contributed by atoms with Gasteiger partial charge in [-0.25, -0.2) is 4.39 Å². The zero-order valence-electron chi connectivity index (χ0n) is 15.8. The Labute approximate surface area is 166 Å². The zero-order valence-corrected chi connectivity index (χ0v) is 16.6. The standard InChI is InChI=1S/C20H28FN3O2.ClH/c1-15(25)23-10-7-16(8-11-23)5-6-20(26)24-12-9-22-14-19(24)17-3-2-4-18(21)13-17;/h2-4,13,16,19,22H,5-12,14H2,1H3;1H. The fourth-order valence-corrected chi connectivity index (χ4v) is 4.02. The summed E-state index contributed by atoms with van der Waals surface area (Å²) in [5.41, 5.74) is 0.848. The molecular formula is C20H29ClFN3O2. The SMILES string of the molecule is CC(=O)N1CCC(CCC(=O)N2CCNCC2c2cccc(F)c2)CC1.Cl. The van der Waals surface area contributed by atoms with Gasteiger partial charge < -0.3 is 15.1 Å². The van der Waals surface area contributed by atoms with Gasteiger partial charge in [-0.3, -0.25) is 9.59 Å². The van der Waals surface area contributed by atoms with Gasteiger partial charge >= 0.3 is 0 Å². The number of carbonyl (C=O) groups is 2. The molecule has 5 nitrogen and oxygen atoms in total. The third-order valence-electron chi connectivity index (χ3n) is 5.62. The molecule has 3 rings (SSSR count). The van der Waals surface area contributed by atoms with E-state index in [1.807, 2.05) is 15.9 Å². The van der Waals surface area contributed by atoms with Crippen LogP contribution in [0.25, 0.3) is 0 Å². The number of hydrogen-bond donors (Lipinski definition) is 1. The number of nitrogens with one attached hydrogen (secondary N) is 1. The van der Waals surface area contributed by atoms with Crippen LogP contribution in [0.5, 0.6) is 0 Å². The van der Waals surface area contributed by atoms with Crippen LogP contribution >= 0.6 is 12.4 Å². The van der Waals surface area contributed by atoms with Crippen LogP contribution in [0.15, 0.2) is 24.3 Å². The number of amides is 2. The van der Waals surface area contributed by atoms with E-state index in [0.29, 0.717) is 25.4 Å². The van der Waals surface area contributed by atoms with Crippen molar-refractivity contribution in [1.82, 2.24) is 15.1 Å². The molecule has 1 unspecified atom stereocenters. The Morgan fingerprint density at radius 2 is 1.96 bits per heavy atom. The van der Waals surface area contributed by atoms with Crippen molar-refractivity contribution < 1.29 is 14.0 Å². The van der Waals surface area contributed by atoms with E-state index in [9.17, 15) is 14.0 Å². The molecule has 1 N–H and O–H groups in total. The molecule has 2 saturated heterocycles. The smallest absolute Gasteiger partial charge is 0.223 e. The monoisotopic (exact) mass is 397 g/mol. The summed E-state index contributed by atoms with van der Waals surface area (Å²) < 4.78 is 13.6. The molecule has 2 fully saturated rings. The van der Waals surface area contributed by atoms with E-state index in [0.717, 1.165) is 44.5 Å². The summed E-state index contributed by atoms with van der Waals surface area (Å²) in [5, 5.41) is 3.30. The second-order valence-electron chi connectivity index (χ2n) is 7.35. The van der Waals surface area contributed by atoms with Crippen molar-refractivity contribution in [3.63, 3.8) is 0 Å². The van der Waals surface area contributed by atoms with Crippen LogP contribution in [-0.2, 0) is 9.59 Å². The first kappa shape index (κ1) is 21.6. The minimum absolute atomic E-state index is 0. The zero-order chi connectivity index (χ0) is 18.5. The van der Waals surface area contributed by atoms with Crippen LogP contribution in [0.4, 0.5) is 4.39 Å². The Bertz CT molecular complexity index is 650. The van der Waals surface area contributed by atoms with E-state index in [2.05, 4.69) is 5.32 Å². The lowest BCUT2D eigenvalue weighted by molar-refractivity contribution is -0.135. The van der Waals surface area contributed by atoms with E-state index in [1.54, 1.807) is 13.0 Å². The number of piperidine rings is 1. The summed E-state index contributed by atoms with van der Waals surface area (Å²) >= 11 is 0. The predicted molar refractivity (Wildman–Crippen MR) is 105 cm³/mol. The van der Waals surface area contributed by atoms with E-state index >= 15 is 0 Å². The van der Waals surface area contributed by atoms with Crippen LogP contribution in [0.3, 0.4) is 0 Å². The molecular weight excluding hydrogens is 369 g/mol. The molecule has 7 heteroatoms. The molecule has 0 radical (unpaired) electrons. The van der Waals surface area contributed by atoms with E-state index in [-0.39, 0.29) is 36.1 Å². The molecule has 27 heavy (non-hydrogen) atoms. The van der Waals surface area contributed by atoms with Crippen LogP contribution in [-0.4, -0.2) is 54.3 Å². The molecule has 0 bridgehead atoms. The van der Waals surface area contributed by atoms with Gasteiger partial charge in [-0.15, -0.1) is 12.4 Å². The Hall–Kier alpha value is -1.66. The molecule has 2 heterocycles. The van der Waals surface area contributed by atoms with Gasteiger partial charge in [-0.1, -0.05) is 12.1 Å². The number of piperazine rings is 1. The molecule has 2 aliphatic rings. The lowest BCUT2D eigenvalue weighted by Crippen LogP contribution is -2.48. The van der Waals surface area contributed by atoms with Crippen molar-refractivity contribution in [3.05, 3.63) is 35.6 Å². The van der Waals surface area contributed by atoms with Crippen molar-refractivity contribution in [2.45, 2.75) is 38.6 Å². The summed E-state index contributed by atoms with van der Waals surface area (Å²) in [6.07, 6.45) is 3.34.